The fourth-order valence-electron chi connectivity index (χ4n) is 4.46. The van der Waals surface area contributed by atoms with Crippen molar-refractivity contribution in [2.45, 2.75) is 40.5 Å². The number of fused-ring (bicyclic) bond motifs is 1. The zero-order chi connectivity index (χ0) is 21.5. The van der Waals surface area contributed by atoms with E-state index in [0.29, 0.717) is 11.7 Å². The van der Waals surface area contributed by atoms with Crippen LogP contribution in [-0.2, 0) is 6.42 Å². The van der Waals surface area contributed by atoms with Gasteiger partial charge in [0.25, 0.3) is 5.78 Å². The van der Waals surface area contributed by atoms with Gasteiger partial charge in [-0.3, -0.25) is 4.98 Å². The maximum absolute atomic E-state index is 4.71. The van der Waals surface area contributed by atoms with Crippen molar-refractivity contribution >= 4 is 11.6 Å². The van der Waals surface area contributed by atoms with Crippen LogP contribution in [0.4, 0.5) is 5.82 Å². The van der Waals surface area contributed by atoms with Crippen LogP contribution in [0.15, 0.2) is 36.7 Å². The molecular weight excluding hydrogens is 386 g/mol. The number of nitrogens with zero attached hydrogens (tertiary/aromatic N) is 7. The van der Waals surface area contributed by atoms with E-state index >= 15 is 0 Å². The summed E-state index contributed by atoms with van der Waals surface area (Å²) in [6, 6.07) is 8.40. The summed E-state index contributed by atoms with van der Waals surface area (Å²) in [6.07, 6.45) is 5.91. The predicted molar refractivity (Wildman–Crippen MR) is 121 cm³/mol. The molecule has 0 bridgehead atoms. The molecule has 1 aliphatic heterocycles. The van der Waals surface area contributed by atoms with Gasteiger partial charge in [0.05, 0.1) is 18.1 Å². The van der Waals surface area contributed by atoms with Crippen molar-refractivity contribution in [2.24, 2.45) is 5.92 Å². The Balaban J connectivity index is 1.30. The van der Waals surface area contributed by atoms with Gasteiger partial charge in [-0.2, -0.15) is 10.1 Å². The second-order valence-electron chi connectivity index (χ2n) is 8.56. The molecule has 1 fully saturated rings. The van der Waals surface area contributed by atoms with Gasteiger partial charge in [-0.05, 0) is 52.0 Å². The lowest BCUT2D eigenvalue weighted by Crippen LogP contribution is -2.22. The summed E-state index contributed by atoms with van der Waals surface area (Å²) in [7, 11) is 0. The Morgan fingerprint density at radius 1 is 0.968 bits per heavy atom. The molecule has 0 spiro atoms. The highest BCUT2D eigenvalue weighted by Gasteiger charge is 2.26. The van der Waals surface area contributed by atoms with Crippen LogP contribution in [0.5, 0.6) is 0 Å². The minimum absolute atomic E-state index is 0.555. The lowest BCUT2D eigenvalue weighted by molar-refractivity contribution is 0.577. The van der Waals surface area contributed by atoms with Gasteiger partial charge in [0.2, 0.25) is 0 Å². The van der Waals surface area contributed by atoms with Crippen LogP contribution in [0.3, 0.4) is 0 Å². The molecule has 3 aromatic heterocycles. The summed E-state index contributed by atoms with van der Waals surface area (Å²) in [6.45, 7) is 10.2. The Hall–Kier alpha value is -3.35. The van der Waals surface area contributed by atoms with E-state index in [1.807, 2.05) is 23.8 Å². The van der Waals surface area contributed by atoms with Crippen LogP contribution >= 0.6 is 0 Å². The number of rotatable bonds is 4. The molecule has 1 aromatic carbocycles. The molecule has 0 unspecified atom stereocenters. The lowest BCUT2D eigenvalue weighted by atomic mass is 9.96. The number of aromatic nitrogens is 6. The van der Waals surface area contributed by atoms with Crippen molar-refractivity contribution in [3.8, 4) is 11.3 Å². The molecule has 1 saturated heterocycles. The largest absolute Gasteiger partial charge is 0.355 e. The summed E-state index contributed by atoms with van der Waals surface area (Å²) in [5.74, 6) is 2.95. The van der Waals surface area contributed by atoms with Gasteiger partial charge in [0.15, 0.2) is 0 Å². The summed E-state index contributed by atoms with van der Waals surface area (Å²) in [5.41, 5.74) is 6.73. The molecule has 158 valence electrons. The minimum Gasteiger partial charge on any atom is -0.355 e. The van der Waals surface area contributed by atoms with Gasteiger partial charge in [0, 0.05) is 30.0 Å². The van der Waals surface area contributed by atoms with E-state index in [1.54, 1.807) is 0 Å². The van der Waals surface area contributed by atoms with E-state index in [-0.39, 0.29) is 0 Å². The topological polar surface area (TPSA) is 72.1 Å². The quantitative estimate of drug-likeness (QED) is 0.506. The van der Waals surface area contributed by atoms with Gasteiger partial charge in [-0.15, -0.1) is 0 Å². The monoisotopic (exact) mass is 413 g/mol. The van der Waals surface area contributed by atoms with Crippen LogP contribution in [-0.4, -0.2) is 42.6 Å². The predicted octanol–water partition coefficient (Wildman–Crippen LogP) is 3.88. The van der Waals surface area contributed by atoms with E-state index < -0.39 is 0 Å². The van der Waals surface area contributed by atoms with E-state index in [9.17, 15) is 0 Å². The van der Waals surface area contributed by atoms with Crippen molar-refractivity contribution in [3.63, 3.8) is 0 Å². The van der Waals surface area contributed by atoms with Crippen LogP contribution in [0, 0.1) is 33.6 Å². The molecule has 7 heteroatoms. The summed E-state index contributed by atoms with van der Waals surface area (Å²) in [5, 5.41) is 4.50. The maximum Gasteiger partial charge on any atom is 0.252 e. The molecule has 1 aliphatic rings. The molecule has 4 heterocycles. The summed E-state index contributed by atoms with van der Waals surface area (Å²) < 4.78 is 1.87. The molecule has 1 atom stereocenters. The molecule has 5 rings (SSSR count). The number of hydrogen-bond acceptors (Lipinski definition) is 6. The highest BCUT2D eigenvalue weighted by atomic mass is 15.3. The van der Waals surface area contributed by atoms with Gasteiger partial charge in [-0.25, -0.2) is 14.5 Å². The van der Waals surface area contributed by atoms with Gasteiger partial charge < -0.3 is 4.90 Å². The lowest BCUT2D eigenvalue weighted by Gasteiger charge is -2.18. The zero-order valence-corrected chi connectivity index (χ0v) is 18.5. The number of anilines is 1. The molecular formula is C24H27N7. The SMILES string of the molecule is Cc1ccc(-c2cnc(N3CC[C@@H](Cc4c(C)nc5nc(C)nn5c4C)C3)cn2)cc1. The molecule has 4 aromatic rings. The molecule has 0 saturated carbocycles. The normalized spacial score (nSPS) is 16.4. The van der Waals surface area contributed by atoms with Crippen LogP contribution in [0.1, 0.15) is 34.8 Å². The molecule has 7 nitrogen and oxygen atoms in total. The Morgan fingerprint density at radius 3 is 2.52 bits per heavy atom. The molecule has 0 radical (unpaired) electrons. The third-order valence-electron chi connectivity index (χ3n) is 6.24. The van der Waals surface area contributed by atoms with E-state index in [1.165, 1.54) is 11.1 Å². The Labute approximate surface area is 182 Å². The van der Waals surface area contributed by atoms with Gasteiger partial charge in [0.1, 0.15) is 11.6 Å². The molecule has 0 N–H and O–H groups in total. The summed E-state index contributed by atoms with van der Waals surface area (Å²) in [4.78, 5) is 20.8. The molecule has 0 aliphatic carbocycles. The third-order valence-corrected chi connectivity index (χ3v) is 6.24. The Morgan fingerprint density at radius 2 is 1.77 bits per heavy atom. The van der Waals surface area contributed by atoms with Crippen LogP contribution in [0.25, 0.3) is 17.0 Å². The number of aryl methyl sites for hydroxylation is 4. The van der Waals surface area contributed by atoms with E-state index in [4.69, 9.17) is 4.98 Å². The standard InChI is InChI=1S/C24H27N7/c1-15-5-7-20(8-6-15)22-12-26-23(13-25-22)30-10-9-19(14-30)11-21-16(2)27-24-28-18(4)29-31(24)17(21)3/h5-8,12-13,19H,9-11,14H2,1-4H3/t19-/m0/s1. The van der Waals surface area contributed by atoms with Gasteiger partial charge >= 0.3 is 0 Å². The highest BCUT2D eigenvalue weighted by Crippen LogP contribution is 2.27. The van der Waals surface area contributed by atoms with Crippen molar-refractivity contribution in [1.82, 2.24) is 29.5 Å². The first-order chi connectivity index (χ1) is 15.0. The van der Waals surface area contributed by atoms with Crippen molar-refractivity contribution < 1.29 is 0 Å². The molecule has 31 heavy (non-hydrogen) atoms. The van der Waals surface area contributed by atoms with Crippen LogP contribution < -0.4 is 4.90 Å². The maximum atomic E-state index is 4.71. The average molecular weight is 414 g/mol. The number of hydrogen-bond donors (Lipinski definition) is 0. The number of benzene rings is 1. The Kier molecular flexibility index (Phi) is 4.88. The fraction of sp³-hybridized carbons (Fsp3) is 0.375. The van der Waals surface area contributed by atoms with E-state index in [0.717, 1.165) is 60.2 Å². The highest BCUT2D eigenvalue weighted by molar-refractivity contribution is 5.59. The van der Waals surface area contributed by atoms with E-state index in [2.05, 4.69) is 70.0 Å². The first kappa shape index (κ1) is 19.6. The first-order valence-corrected chi connectivity index (χ1v) is 10.8. The first-order valence-electron chi connectivity index (χ1n) is 10.8. The Bertz CT molecular complexity index is 1230. The minimum atomic E-state index is 0.555. The second kappa shape index (κ2) is 7.72. The van der Waals surface area contributed by atoms with Gasteiger partial charge in [-0.1, -0.05) is 29.8 Å². The van der Waals surface area contributed by atoms with Crippen molar-refractivity contribution in [2.75, 3.05) is 18.0 Å². The average Bonchev–Trinajstić information content (AvgIpc) is 3.38. The zero-order valence-electron chi connectivity index (χ0n) is 18.5. The molecule has 0 amide bonds. The second-order valence-corrected chi connectivity index (χ2v) is 8.56. The van der Waals surface area contributed by atoms with Crippen LogP contribution in [0.2, 0.25) is 0 Å². The summed E-state index contributed by atoms with van der Waals surface area (Å²) >= 11 is 0. The third kappa shape index (κ3) is 3.76. The smallest absolute Gasteiger partial charge is 0.252 e. The van der Waals surface area contributed by atoms with Crippen molar-refractivity contribution in [3.05, 3.63) is 65.0 Å². The fourth-order valence-corrected chi connectivity index (χ4v) is 4.46. The van der Waals surface area contributed by atoms with Crippen molar-refractivity contribution in [1.29, 1.82) is 0 Å².